The van der Waals surface area contributed by atoms with Crippen molar-refractivity contribution >= 4 is 18.2 Å². The minimum absolute atomic E-state index is 0.214. The van der Waals surface area contributed by atoms with Crippen LogP contribution in [0.15, 0.2) is 40.8 Å². The minimum Gasteiger partial charge on any atom is -0.453 e. The van der Waals surface area contributed by atoms with E-state index in [9.17, 15) is 14.4 Å². The van der Waals surface area contributed by atoms with Crippen molar-refractivity contribution in [2.45, 2.75) is 25.9 Å². The summed E-state index contributed by atoms with van der Waals surface area (Å²) in [6.45, 7) is 3.57. The number of carbonyl (C=O) groups is 3. The average molecular weight is 312 g/mol. The predicted octanol–water partition coefficient (Wildman–Crippen LogP) is 2.59. The molecule has 1 fully saturated rings. The average Bonchev–Trinajstić information content (AvgIpc) is 3.07. The number of urea groups is 1. The zero-order chi connectivity index (χ0) is 16.6. The van der Waals surface area contributed by atoms with Crippen LogP contribution < -0.4 is 5.32 Å². The molecular formula is C17H16N2O4. The Morgan fingerprint density at radius 3 is 2.35 bits per heavy atom. The zero-order valence-electron chi connectivity index (χ0n) is 12.8. The maximum absolute atomic E-state index is 12.2. The summed E-state index contributed by atoms with van der Waals surface area (Å²) in [4.78, 5) is 35.9. The van der Waals surface area contributed by atoms with E-state index in [1.165, 1.54) is 4.90 Å². The highest BCUT2D eigenvalue weighted by atomic mass is 16.3. The molecule has 0 spiro atoms. The number of imide groups is 1. The molecule has 23 heavy (non-hydrogen) atoms. The fraction of sp³-hybridized carbons (Fsp3) is 0.235. The Hall–Kier alpha value is -2.89. The van der Waals surface area contributed by atoms with Crippen LogP contribution in [0.5, 0.6) is 0 Å². The largest absolute Gasteiger partial charge is 0.453 e. The molecule has 1 aliphatic rings. The monoisotopic (exact) mass is 312 g/mol. The molecular weight excluding hydrogens is 296 g/mol. The molecule has 1 saturated heterocycles. The Balaban J connectivity index is 1.77. The number of rotatable bonds is 4. The summed E-state index contributed by atoms with van der Waals surface area (Å²) in [5, 5.41) is 2.65. The molecule has 1 aliphatic heterocycles. The van der Waals surface area contributed by atoms with Crippen molar-refractivity contribution in [3.8, 4) is 11.3 Å². The number of aldehydes is 1. The maximum Gasteiger partial charge on any atom is 0.325 e. The van der Waals surface area contributed by atoms with Gasteiger partial charge in [-0.05, 0) is 31.5 Å². The summed E-state index contributed by atoms with van der Waals surface area (Å²) in [5.41, 5.74) is 0.785. The number of nitrogens with one attached hydrogen (secondary N) is 1. The molecule has 0 atom stereocenters. The molecule has 1 N–H and O–H groups in total. The van der Waals surface area contributed by atoms with Gasteiger partial charge in [0.15, 0.2) is 12.0 Å². The van der Waals surface area contributed by atoms with E-state index in [-0.39, 0.29) is 24.2 Å². The molecule has 2 aromatic rings. The van der Waals surface area contributed by atoms with Gasteiger partial charge in [0.2, 0.25) is 0 Å². The Morgan fingerprint density at radius 2 is 1.83 bits per heavy atom. The predicted molar refractivity (Wildman–Crippen MR) is 82.7 cm³/mol. The van der Waals surface area contributed by atoms with Gasteiger partial charge < -0.3 is 9.73 Å². The molecule has 0 unspecified atom stereocenters. The highest BCUT2D eigenvalue weighted by molar-refractivity contribution is 6.06. The third-order valence-corrected chi connectivity index (χ3v) is 3.77. The number of amides is 3. The minimum atomic E-state index is -0.865. The highest BCUT2D eigenvalue weighted by Crippen LogP contribution is 2.24. The van der Waals surface area contributed by atoms with Gasteiger partial charge >= 0.3 is 6.03 Å². The number of carbonyl (C=O) groups excluding carboxylic acids is 3. The van der Waals surface area contributed by atoms with Crippen LogP contribution in [0, 0.1) is 0 Å². The van der Waals surface area contributed by atoms with Crippen molar-refractivity contribution in [1.29, 1.82) is 0 Å². The Kier molecular flexibility index (Phi) is 3.52. The summed E-state index contributed by atoms with van der Waals surface area (Å²) in [5.74, 6) is 0.619. The lowest BCUT2D eigenvalue weighted by atomic mass is 10.1. The normalized spacial score (nSPS) is 16.5. The summed E-state index contributed by atoms with van der Waals surface area (Å²) in [6, 6.07) is 10.2. The molecule has 0 saturated carbocycles. The van der Waals surface area contributed by atoms with Crippen LogP contribution in [0.25, 0.3) is 11.3 Å². The molecule has 6 nitrogen and oxygen atoms in total. The second-order valence-electron chi connectivity index (χ2n) is 5.96. The lowest BCUT2D eigenvalue weighted by Gasteiger charge is -2.16. The van der Waals surface area contributed by atoms with Crippen molar-refractivity contribution in [3.05, 3.63) is 47.7 Å². The van der Waals surface area contributed by atoms with Gasteiger partial charge in [-0.3, -0.25) is 14.5 Å². The number of hydrogen-bond donors (Lipinski definition) is 1. The van der Waals surface area contributed by atoms with Crippen LogP contribution in [0.3, 0.4) is 0 Å². The van der Waals surface area contributed by atoms with E-state index in [1.807, 2.05) is 24.3 Å². The van der Waals surface area contributed by atoms with Crippen LogP contribution in [0.2, 0.25) is 0 Å². The van der Waals surface area contributed by atoms with Gasteiger partial charge in [0, 0.05) is 5.56 Å². The van der Waals surface area contributed by atoms with E-state index < -0.39 is 5.54 Å². The molecule has 1 aromatic heterocycles. The van der Waals surface area contributed by atoms with E-state index in [2.05, 4.69) is 5.32 Å². The van der Waals surface area contributed by atoms with Crippen molar-refractivity contribution in [2.75, 3.05) is 0 Å². The summed E-state index contributed by atoms with van der Waals surface area (Å²) in [7, 11) is 0. The van der Waals surface area contributed by atoms with Crippen LogP contribution in [-0.4, -0.2) is 28.7 Å². The molecule has 0 bridgehead atoms. The van der Waals surface area contributed by atoms with Crippen molar-refractivity contribution in [3.63, 3.8) is 0 Å². The van der Waals surface area contributed by atoms with Gasteiger partial charge in [0.05, 0.1) is 6.54 Å². The molecule has 3 rings (SSSR count). The topological polar surface area (TPSA) is 79.6 Å². The number of nitrogens with zero attached hydrogens (tertiary/aromatic N) is 1. The lowest BCUT2D eigenvalue weighted by Crippen LogP contribution is -2.40. The van der Waals surface area contributed by atoms with E-state index in [1.54, 1.807) is 26.0 Å². The third kappa shape index (κ3) is 2.75. The first-order chi connectivity index (χ1) is 10.9. The first-order valence-corrected chi connectivity index (χ1v) is 7.19. The Bertz CT molecular complexity index is 774. The van der Waals surface area contributed by atoms with E-state index >= 15 is 0 Å². The molecule has 3 amide bonds. The van der Waals surface area contributed by atoms with Gasteiger partial charge in [-0.25, -0.2) is 4.79 Å². The number of furan rings is 1. The van der Waals surface area contributed by atoms with Crippen molar-refractivity contribution < 1.29 is 18.8 Å². The summed E-state index contributed by atoms with van der Waals surface area (Å²) < 4.78 is 5.36. The van der Waals surface area contributed by atoms with Crippen LogP contribution >= 0.6 is 0 Å². The summed E-state index contributed by atoms with van der Waals surface area (Å²) >= 11 is 0. The van der Waals surface area contributed by atoms with E-state index in [4.69, 9.17) is 4.42 Å². The molecule has 6 heteroatoms. The standard InChI is InChI=1S/C17H16N2O4/c1-17(2)15(21)19(16(22)18-17)9-11-3-5-12(6-4-11)14-8-7-13(10-20)23-14/h3-8,10H,9H2,1-2H3,(H,18,22). The van der Waals surface area contributed by atoms with Crippen molar-refractivity contribution in [1.82, 2.24) is 10.2 Å². The SMILES string of the molecule is CC1(C)NC(=O)N(Cc2ccc(-c3ccc(C=O)o3)cc2)C1=O. The Morgan fingerprint density at radius 1 is 1.13 bits per heavy atom. The quantitative estimate of drug-likeness (QED) is 0.695. The Labute approximate surface area is 133 Å². The molecule has 118 valence electrons. The molecule has 0 radical (unpaired) electrons. The molecule has 2 heterocycles. The fourth-order valence-electron chi connectivity index (χ4n) is 2.49. The number of hydrogen-bond acceptors (Lipinski definition) is 4. The van der Waals surface area contributed by atoms with Crippen molar-refractivity contribution in [2.24, 2.45) is 0 Å². The van der Waals surface area contributed by atoms with E-state index in [0.717, 1.165) is 11.1 Å². The van der Waals surface area contributed by atoms with Crippen LogP contribution in [-0.2, 0) is 11.3 Å². The second kappa shape index (κ2) is 5.39. The van der Waals surface area contributed by atoms with Crippen LogP contribution in [0.1, 0.15) is 30.0 Å². The zero-order valence-corrected chi connectivity index (χ0v) is 12.8. The maximum atomic E-state index is 12.2. The summed E-state index contributed by atoms with van der Waals surface area (Å²) in [6.07, 6.45) is 0.650. The molecule has 1 aromatic carbocycles. The van der Waals surface area contributed by atoms with Gasteiger partial charge in [-0.15, -0.1) is 0 Å². The number of benzene rings is 1. The first kappa shape index (κ1) is 15.0. The lowest BCUT2D eigenvalue weighted by molar-refractivity contribution is -0.130. The van der Waals surface area contributed by atoms with Gasteiger partial charge in [-0.2, -0.15) is 0 Å². The van der Waals surface area contributed by atoms with Gasteiger partial charge in [0.1, 0.15) is 11.3 Å². The van der Waals surface area contributed by atoms with Gasteiger partial charge in [-0.1, -0.05) is 24.3 Å². The highest BCUT2D eigenvalue weighted by Gasteiger charge is 2.43. The van der Waals surface area contributed by atoms with Gasteiger partial charge in [0.25, 0.3) is 5.91 Å². The third-order valence-electron chi connectivity index (χ3n) is 3.77. The fourth-order valence-corrected chi connectivity index (χ4v) is 2.49. The van der Waals surface area contributed by atoms with E-state index in [0.29, 0.717) is 12.0 Å². The molecule has 0 aliphatic carbocycles. The smallest absolute Gasteiger partial charge is 0.325 e. The first-order valence-electron chi connectivity index (χ1n) is 7.19. The van der Waals surface area contributed by atoms with Crippen LogP contribution in [0.4, 0.5) is 4.79 Å². The second-order valence-corrected chi connectivity index (χ2v) is 5.96.